The topological polar surface area (TPSA) is 59.7 Å². The highest BCUT2D eigenvalue weighted by molar-refractivity contribution is 6.30. The fourth-order valence-electron chi connectivity index (χ4n) is 2.23. The molecule has 0 spiro atoms. The summed E-state index contributed by atoms with van der Waals surface area (Å²) in [7, 11) is 0. The van der Waals surface area contributed by atoms with Crippen molar-refractivity contribution >= 4 is 17.4 Å². The summed E-state index contributed by atoms with van der Waals surface area (Å²) in [5.41, 5.74) is 0.923. The molecule has 0 saturated heterocycles. The van der Waals surface area contributed by atoms with Crippen LogP contribution in [0.4, 0.5) is 5.82 Å². The first-order chi connectivity index (χ1) is 9.19. The quantitative estimate of drug-likeness (QED) is 0.781. The molecule has 3 heterocycles. The Morgan fingerprint density at radius 3 is 2.95 bits per heavy atom. The SMILES string of the molecule is CCc1nc(Cl)c(C)c(N2CCn3cnnc3C2)n1. The Bertz CT molecular complexity index is 608. The van der Waals surface area contributed by atoms with Gasteiger partial charge in [-0.3, -0.25) is 0 Å². The van der Waals surface area contributed by atoms with E-state index in [9.17, 15) is 0 Å². The lowest BCUT2D eigenvalue weighted by atomic mass is 10.2. The smallest absolute Gasteiger partial charge is 0.152 e. The van der Waals surface area contributed by atoms with Crippen molar-refractivity contribution < 1.29 is 0 Å². The fraction of sp³-hybridized carbons (Fsp3) is 0.500. The molecule has 19 heavy (non-hydrogen) atoms. The van der Waals surface area contributed by atoms with E-state index in [-0.39, 0.29) is 0 Å². The minimum Gasteiger partial charge on any atom is -0.347 e. The Morgan fingerprint density at radius 1 is 1.32 bits per heavy atom. The third-order valence-electron chi connectivity index (χ3n) is 3.36. The molecule has 0 amide bonds. The number of nitrogens with zero attached hydrogens (tertiary/aromatic N) is 6. The van der Waals surface area contributed by atoms with Crippen LogP contribution in [0.3, 0.4) is 0 Å². The van der Waals surface area contributed by atoms with Gasteiger partial charge in [-0.2, -0.15) is 0 Å². The molecule has 2 aromatic heterocycles. The molecule has 6 nitrogen and oxygen atoms in total. The van der Waals surface area contributed by atoms with E-state index in [2.05, 4.69) is 29.6 Å². The number of aryl methyl sites for hydroxylation is 1. The van der Waals surface area contributed by atoms with Crippen molar-refractivity contribution in [2.24, 2.45) is 0 Å². The lowest BCUT2D eigenvalue weighted by Crippen LogP contribution is -2.35. The molecule has 2 aromatic rings. The minimum atomic E-state index is 0.536. The number of hydrogen-bond donors (Lipinski definition) is 0. The molecular weight excluding hydrogens is 264 g/mol. The van der Waals surface area contributed by atoms with Crippen LogP contribution in [-0.2, 0) is 19.5 Å². The van der Waals surface area contributed by atoms with Gasteiger partial charge < -0.3 is 9.47 Å². The van der Waals surface area contributed by atoms with Gasteiger partial charge in [0, 0.05) is 25.1 Å². The van der Waals surface area contributed by atoms with E-state index in [0.29, 0.717) is 11.7 Å². The third-order valence-corrected chi connectivity index (χ3v) is 3.73. The average molecular weight is 279 g/mol. The summed E-state index contributed by atoms with van der Waals surface area (Å²) in [6, 6.07) is 0. The monoisotopic (exact) mass is 278 g/mol. The Hall–Kier alpha value is -1.69. The molecule has 0 N–H and O–H groups in total. The van der Waals surface area contributed by atoms with Gasteiger partial charge in [-0.15, -0.1) is 10.2 Å². The van der Waals surface area contributed by atoms with Crippen molar-refractivity contribution in [1.82, 2.24) is 24.7 Å². The van der Waals surface area contributed by atoms with Gasteiger partial charge >= 0.3 is 0 Å². The van der Waals surface area contributed by atoms with Gasteiger partial charge in [0.05, 0.1) is 6.54 Å². The average Bonchev–Trinajstić information content (AvgIpc) is 2.88. The summed E-state index contributed by atoms with van der Waals surface area (Å²) < 4.78 is 2.06. The number of hydrogen-bond acceptors (Lipinski definition) is 5. The standard InChI is InChI=1S/C12H15ClN6/c1-3-9-15-11(13)8(2)12(16-9)18-4-5-19-7-14-17-10(19)6-18/h7H,3-6H2,1-2H3. The van der Waals surface area contributed by atoms with Gasteiger partial charge in [0.25, 0.3) is 0 Å². The molecule has 0 bridgehead atoms. The molecule has 1 aliphatic heterocycles. The summed E-state index contributed by atoms with van der Waals surface area (Å²) in [5, 5.41) is 8.59. The molecule has 0 fully saturated rings. The first-order valence-electron chi connectivity index (χ1n) is 6.33. The summed E-state index contributed by atoms with van der Waals surface area (Å²) in [4.78, 5) is 11.1. The van der Waals surface area contributed by atoms with Crippen LogP contribution in [0.2, 0.25) is 5.15 Å². The molecule has 0 aromatic carbocycles. The van der Waals surface area contributed by atoms with E-state index in [1.807, 2.05) is 13.8 Å². The molecule has 7 heteroatoms. The summed E-state index contributed by atoms with van der Waals surface area (Å²) in [6.07, 6.45) is 2.54. The molecule has 1 aliphatic rings. The van der Waals surface area contributed by atoms with Gasteiger partial charge in [0.15, 0.2) is 5.82 Å². The maximum Gasteiger partial charge on any atom is 0.152 e. The summed E-state index contributed by atoms with van der Waals surface area (Å²) >= 11 is 6.19. The van der Waals surface area contributed by atoms with E-state index in [4.69, 9.17) is 11.6 Å². The lowest BCUT2D eigenvalue weighted by Gasteiger charge is -2.29. The third kappa shape index (κ3) is 2.16. The van der Waals surface area contributed by atoms with Crippen LogP contribution < -0.4 is 4.90 Å². The second kappa shape index (κ2) is 4.77. The molecule has 0 saturated carbocycles. The van der Waals surface area contributed by atoms with Gasteiger partial charge in [-0.25, -0.2) is 9.97 Å². The van der Waals surface area contributed by atoms with Crippen LogP contribution in [0.5, 0.6) is 0 Å². The van der Waals surface area contributed by atoms with Crippen LogP contribution in [-0.4, -0.2) is 31.3 Å². The molecule has 0 atom stereocenters. The van der Waals surface area contributed by atoms with Crippen LogP contribution in [0.1, 0.15) is 24.1 Å². The fourth-order valence-corrected chi connectivity index (χ4v) is 2.42. The van der Waals surface area contributed by atoms with E-state index in [0.717, 1.165) is 42.5 Å². The van der Waals surface area contributed by atoms with Crippen LogP contribution >= 0.6 is 11.6 Å². The zero-order chi connectivity index (χ0) is 13.4. The van der Waals surface area contributed by atoms with Crippen molar-refractivity contribution in [2.75, 3.05) is 11.4 Å². The van der Waals surface area contributed by atoms with Crippen LogP contribution in [0.15, 0.2) is 6.33 Å². The second-order valence-corrected chi connectivity index (χ2v) is 4.95. The van der Waals surface area contributed by atoms with Crippen LogP contribution in [0, 0.1) is 6.92 Å². The maximum absolute atomic E-state index is 6.19. The molecule has 0 radical (unpaired) electrons. The zero-order valence-electron chi connectivity index (χ0n) is 11.0. The largest absolute Gasteiger partial charge is 0.347 e. The molecule has 0 aliphatic carbocycles. The predicted molar refractivity (Wildman–Crippen MR) is 72.2 cm³/mol. The highest BCUT2D eigenvalue weighted by Gasteiger charge is 2.21. The van der Waals surface area contributed by atoms with Gasteiger partial charge in [0.1, 0.15) is 23.1 Å². The highest BCUT2D eigenvalue weighted by Crippen LogP contribution is 2.26. The summed E-state index contributed by atoms with van der Waals surface area (Å²) in [6.45, 7) is 6.43. The van der Waals surface area contributed by atoms with E-state index in [1.165, 1.54) is 0 Å². The molecular formula is C12H15ClN6. The van der Waals surface area contributed by atoms with Crippen molar-refractivity contribution in [3.8, 4) is 0 Å². The predicted octanol–water partition coefficient (Wildman–Crippen LogP) is 1.61. The Kier molecular flexibility index (Phi) is 3.10. The van der Waals surface area contributed by atoms with Gasteiger partial charge in [-0.05, 0) is 6.92 Å². The number of fused-ring (bicyclic) bond motifs is 1. The summed E-state index contributed by atoms with van der Waals surface area (Å²) in [5.74, 6) is 2.64. The number of anilines is 1. The normalized spacial score (nSPS) is 14.6. The second-order valence-electron chi connectivity index (χ2n) is 4.59. The van der Waals surface area contributed by atoms with Crippen molar-refractivity contribution in [3.05, 3.63) is 28.7 Å². The van der Waals surface area contributed by atoms with Crippen molar-refractivity contribution in [3.63, 3.8) is 0 Å². The molecule has 0 unspecified atom stereocenters. The van der Waals surface area contributed by atoms with Crippen LogP contribution in [0.25, 0.3) is 0 Å². The lowest BCUT2D eigenvalue weighted by molar-refractivity contribution is 0.554. The maximum atomic E-state index is 6.19. The number of halogens is 1. The highest BCUT2D eigenvalue weighted by atomic mass is 35.5. The van der Waals surface area contributed by atoms with E-state index >= 15 is 0 Å². The van der Waals surface area contributed by atoms with Gasteiger partial charge in [-0.1, -0.05) is 18.5 Å². The van der Waals surface area contributed by atoms with E-state index < -0.39 is 0 Å². The minimum absolute atomic E-state index is 0.536. The van der Waals surface area contributed by atoms with Crippen molar-refractivity contribution in [2.45, 2.75) is 33.4 Å². The first-order valence-corrected chi connectivity index (χ1v) is 6.71. The molecule has 100 valence electrons. The number of aromatic nitrogens is 5. The Morgan fingerprint density at radius 2 is 2.16 bits per heavy atom. The molecule has 3 rings (SSSR count). The van der Waals surface area contributed by atoms with Gasteiger partial charge in [0.2, 0.25) is 0 Å². The van der Waals surface area contributed by atoms with Crippen molar-refractivity contribution in [1.29, 1.82) is 0 Å². The van der Waals surface area contributed by atoms with E-state index in [1.54, 1.807) is 6.33 Å². The Labute approximate surface area is 116 Å². The zero-order valence-corrected chi connectivity index (χ0v) is 11.7. The number of rotatable bonds is 2. The Balaban J connectivity index is 1.97. The first kappa shape index (κ1) is 12.3.